The molecule has 0 aliphatic carbocycles. The van der Waals surface area contributed by atoms with Crippen LogP contribution in [-0.2, 0) is 0 Å². The molecular formula is C22H21NO4. The average molecular weight is 363 g/mol. The fourth-order valence-corrected chi connectivity index (χ4v) is 2.84. The van der Waals surface area contributed by atoms with E-state index in [9.17, 15) is 4.79 Å². The Kier molecular flexibility index (Phi) is 5.61. The minimum atomic E-state index is -0.0964. The number of methoxy groups -OCH3 is 3. The summed E-state index contributed by atoms with van der Waals surface area (Å²) >= 11 is 0. The highest BCUT2D eigenvalue weighted by atomic mass is 16.5. The van der Waals surface area contributed by atoms with Gasteiger partial charge in [0.1, 0.15) is 0 Å². The smallest absolute Gasteiger partial charge is 0.203 e. The first-order valence-electron chi connectivity index (χ1n) is 8.42. The van der Waals surface area contributed by atoms with E-state index in [-0.39, 0.29) is 5.78 Å². The van der Waals surface area contributed by atoms with Crippen LogP contribution < -0.4 is 14.2 Å². The van der Waals surface area contributed by atoms with E-state index in [4.69, 9.17) is 14.2 Å². The Labute approximate surface area is 158 Å². The Morgan fingerprint density at radius 2 is 1.63 bits per heavy atom. The van der Waals surface area contributed by atoms with Gasteiger partial charge in [0, 0.05) is 29.2 Å². The topological polar surface area (TPSA) is 49.7 Å². The van der Waals surface area contributed by atoms with E-state index in [2.05, 4.69) is 0 Å². The summed E-state index contributed by atoms with van der Waals surface area (Å²) in [6, 6.07) is 15.0. The predicted molar refractivity (Wildman–Crippen MR) is 105 cm³/mol. The molecule has 3 aromatic rings. The summed E-state index contributed by atoms with van der Waals surface area (Å²) in [7, 11) is 4.66. The van der Waals surface area contributed by atoms with Crippen molar-refractivity contribution in [1.29, 1.82) is 0 Å². The second-order valence-corrected chi connectivity index (χ2v) is 5.76. The van der Waals surface area contributed by atoms with E-state index in [1.165, 1.54) is 6.08 Å². The molecule has 27 heavy (non-hydrogen) atoms. The molecule has 1 heterocycles. The van der Waals surface area contributed by atoms with Crippen molar-refractivity contribution < 1.29 is 19.0 Å². The molecule has 0 fully saturated rings. The van der Waals surface area contributed by atoms with Crippen LogP contribution in [0.25, 0.3) is 11.8 Å². The summed E-state index contributed by atoms with van der Waals surface area (Å²) in [5, 5.41) is 0. The van der Waals surface area contributed by atoms with Crippen molar-refractivity contribution in [3.05, 3.63) is 78.1 Å². The summed E-state index contributed by atoms with van der Waals surface area (Å²) in [4.78, 5) is 12.6. The van der Waals surface area contributed by atoms with E-state index >= 15 is 0 Å². The number of benzene rings is 2. The molecule has 1 aromatic heterocycles. The van der Waals surface area contributed by atoms with Crippen molar-refractivity contribution in [3.8, 4) is 22.9 Å². The van der Waals surface area contributed by atoms with Crippen LogP contribution in [0.15, 0.2) is 67.0 Å². The Morgan fingerprint density at radius 1 is 0.889 bits per heavy atom. The van der Waals surface area contributed by atoms with Gasteiger partial charge in [-0.25, -0.2) is 0 Å². The summed E-state index contributed by atoms with van der Waals surface area (Å²) in [6.45, 7) is 0. The van der Waals surface area contributed by atoms with Gasteiger partial charge in [-0.05, 0) is 48.6 Å². The van der Waals surface area contributed by atoms with Crippen molar-refractivity contribution in [2.45, 2.75) is 0 Å². The van der Waals surface area contributed by atoms with Crippen molar-refractivity contribution in [3.63, 3.8) is 0 Å². The zero-order valence-electron chi connectivity index (χ0n) is 15.5. The number of rotatable bonds is 7. The second-order valence-electron chi connectivity index (χ2n) is 5.76. The van der Waals surface area contributed by atoms with E-state index in [0.29, 0.717) is 22.8 Å². The van der Waals surface area contributed by atoms with Crippen molar-refractivity contribution >= 4 is 11.9 Å². The summed E-state index contributed by atoms with van der Waals surface area (Å²) < 4.78 is 18.1. The van der Waals surface area contributed by atoms with Crippen LogP contribution >= 0.6 is 0 Å². The molecule has 3 rings (SSSR count). The minimum Gasteiger partial charge on any atom is -0.493 e. The fraction of sp³-hybridized carbons (Fsp3) is 0.136. The third kappa shape index (κ3) is 3.87. The number of hydrogen-bond donors (Lipinski definition) is 0. The molecule has 0 saturated carbocycles. The molecule has 0 radical (unpaired) electrons. The quantitative estimate of drug-likeness (QED) is 0.461. The van der Waals surface area contributed by atoms with E-state index in [0.717, 1.165) is 11.3 Å². The number of ketones is 1. The third-order valence-corrected chi connectivity index (χ3v) is 4.18. The maximum atomic E-state index is 12.6. The Balaban J connectivity index is 1.88. The molecule has 0 aliphatic heterocycles. The van der Waals surface area contributed by atoms with Gasteiger partial charge in [-0.15, -0.1) is 0 Å². The van der Waals surface area contributed by atoms with E-state index in [1.54, 1.807) is 39.5 Å². The first kappa shape index (κ1) is 18.3. The van der Waals surface area contributed by atoms with Crippen LogP contribution in [0.1, 0.15) is 15.9 Å². The van der Waals surface area contributed by atoms with Crippen LogP contribution in [0.4, 0.5) is 0 Å². The zero-order valence-corrected chi connectivity index (χ0v) is 15.5. The van der Waals surface area contributed by atoms with Gasteiger partial charge in [-0.3, -0.25) is 4.79 Å². The molecule has 0 spiro atoms. The number of hydrogen-bond acceptors (Lipinski definition) is 4. The van der Waals surface area contributed by atoms with Crippen molar-refractivity contribution in [1.82, 2.24) is 4.57 Å². The lowest BCUT2D eigenvalue weighted by molar-refractivity contribution is 0.104. The summed E-state index contributed by atoms with van der Waals surface area (Å²) in [6.07, 6.45) is 7.12. The van der Waals surface area contributed by atoms with Crippen LogP contribution in [-0.4, -0.2) is 31.7 Å². The highest BCUT2D eigenvalue weighted by molar-refractivity contribution is 6.07. The molecule has 2 aromatic carbocycles. The third-order valence-electron chi connectivity index (χ3n) is 4.18. The van der Waals surface area contributed by atoms with Gasteiger partial charge in [0.25, 0.3) is 0 Å². The van der Waals surface area contributed by atoms with Crippen LogP contribution in [0.5, 0.6) is 17.2 Å². The highest BCUT2D eigenvalue weighted by Crippen LogP contribution is 2.40. The number of carbonyl (C=O) groups excluding carboxylic acids is 1. The molecule has 0 saturated heterocycles. The van der Waals surface area contributed by atoms with Crippen LogP contribution in [0.3, 0.4) is 0 Å². The van der Waals surface area contributed by atoms with Gasteiger partial charge in [0.2, 0.25) is 5.75 Å². The number of carbonyl (C=O) groups is 1. The van der Waals surface area contributed by atoms with Crippen LogP contribution in [0.2, 0.25) is 0 Å². The normalized spacial score (nSPS) is 10.8. The molecule has 0 amide bonds. The fourth-order valence-electron chi connectivity index (χ4n) is 2.84. The van der Waals surface area contributed by atoms with Gasteiger partial charge in [0.15, 0.2) is 17.3 Å². The molecule has 5 heteroatoms. The monoisotopic (exact) mass is 363 g/mol. The highest BCUT2D eigenvalue weighted by Gasteiger charge is 2.14. The molecule has 0 N–H and O–H groups in total. The molecular weight excluding hydrogens is 342 g/mol. The maximum Gasteiger partial charge on any atom is 0.203 e. The first-order valence-corrected chi connectivity index (χ1v) is 8.42. The molecule has 0 aliphatic rings. The molecule has 0 atom stereocenters. The number of ether oxygens (including phenoxy) is 3. The van der Waals surface area contributed by atoms with Gasteiger partial charge in [-0.2, -0.15) is 0 Å². The SMILES string of the molecule is COc1ccc(/C=C/C(=O)c2cccc(-n3cccc3)c2)c(OC)c1OC. The molecule has 138 valence electrons. The molecule has 5 nitrogen and oxygen atoms in total. The standard InChI is InChI=1S/C22H21NO4/c1-25-20-12-10-16(21(26-2)22(20)27-3)9-11-19(24)17-7-6-8-18(15-17)23-13-4-5-14-23/h4-15H,1-3H3/b11-9+. The summed E-state index contributed by atoms with van der Waals surface area (Å²) in [5.41, 5.74) is 2.27. The minimum absolute atomic E-state index is 0.0964. The number of allylic oxidation sites excluding steroid dienone is 1. The molecule has 0 unspecified atom stereocenters. The maximum absolute atomic E-state index is 12.6. The van der Waals surface area contributed by atoms with E-state index < -0.39 is 0 Å². The Hall–Kier alpha value is -3.47. The number of aromatic nitrogens is 1. The van der Waals surface area contributed by atoms with Gasteiger partial charge in [-0.1, -0.05) is 12.1 Å². The lowest BCUT2D eigenvalue weighted by atomic mass is 10.1. The lowest BCUT2D eigenvalue weighted by Gasteiger charge is -2.13. The van der Waals surface area contributed by atoms with Crippen molar-refractivity contribution in [2.24, 2.45) is 0 Å². The lowest BCUT2D eigenvalue weighted by Crippen LogP contribution is -1.98. The van der Waals surface area contributed by atoms with Crippen molar-refractivity contribution in [2.75, 3.05) is 21.3 Å². The zero-order chi connectivity index (χ0) is 19.2. The predicted octanol–water partition coefficient (Wildman–Crippen LogP) is 4.40. The van der Waals surface area contributed by atoms with E-state index in [1.807, 2.05) is 53.4 Å². The average Bonchev–Trinajstić information content (AvgIpc) is 3.26. The van der Waals surface area contributed by atoms with Gasteiger partial charge >= 0.3 is 0 Å². The van der Waals surface area contributed by atoms with Gasteiger partial charge < -0.3 is 18.8 Å². The Bertz CT molecular complexity index is 958. The van der Waals surface area contributed by atoms with Gasteiger partial charge in [0.05, 0.1) is 21.3 Å². The second kappa shape index (κ2) is 8.27. The largest absolute Gasteiger partial charge is 0.493 e. The number of nitrogens with zero attached hydrogens (tertiary/aromatic N) is 1. The first-order chi connectivity index (χ1) is 13.2. The Morgan fingerprint density at radius 3 is 2.30 bits per heavy atom. The van der Waals surface area contributed by atoms with Crippen LogP contribution in [0, 0.1) is 0 Å². The molecule has 0 bridgehead atoms. The summed E-state index contributed by atoms with van der Waals surface area (Å²) in [5.74, 6) is 1.48.